The highest BCUT2D eigenvalue weighted by atomic mass is 15.1. The van der Waals surface area contributed by atoms with Gasteiger partial charge in [-0.05, 0) is 0 Å². The van der Waals surface area contributed by atoms with Crippen molar-refractivity contribution >= 4 is 17.1 Å². The molecule has 2 heterocycles. The van der Waals surface area contributed by atoms with E-state index in [1.54, 1.807) is 0 Å². The van der Waals surface area contributed by atoms with Gasteiger partial charge in [0.2, 0.25) is 0 Å². The van der Waals surface area contributed by atoms with Crippen LogP contribution in [0.5, 0.6) is 0 Å². The summed E-state index contributed by atoms with van der Waals surface area (Å²) in [5, 5.41) is 0. The van der Waals surface area contributed by atoms with Crippen LogP contribution in [0.4, 0.5) is 5.95 Å². The second-order valence-electron chi connectivity index (χ2n) is 4.95. The van der Waals surface area contributed by atoms with Crippen LogP contribution in [-0.2, 0) is 0 Å². The van der Waals surface area contributed by atoms with Crippen LogP contribution < -0.4 is 5.73 Å². The van der Waals surface area contributed by atoms with Gasteiger partial charge < -0.3 is 10.7 Å². The fraction of sp³-hybridized carbons (Fsp3) is 0. The number of nitrogens with one attached hydrogen (secondary N) is 1. The fourth-order valence-corrected chi connectivity index (χ4v) is 2.44. The number of H-pyrrole nitrogens is 1. The molecule has 0 atom stereocenters. The highest BCUT2D eigenvalue weighted by Crippen LogP contribution is 2.27. The summed E-state index contributed by atoms with van der Waals surface area (Å²) >= 11 is 0. The molecule has 0 aliphatic heterocycles. The average molecular weight is 287 g/mol. The Morgan fingerprint density at radius 2 is 1.36 bits per heavy atom. The summed E-state index contributed by atoms with van der Waals surface area (Å²) in [5.74, 6) is 0.977. The lowest BCUT2D eigenvalue weighted by atomic mass is 10.1. The molecule has 0 unspecified atom stereocenters. The molecule has 0 aliphatic carbocycles. The van der Waals surface area contributed by atoms with Crippen LogP contribution in [0.2, 0.25) is 0 Å². The summed E-state index contributed by atoms with van der Waals surface area (Å²) in [6, 6.07) is 19.8. The van der Waals surface area contributed by atoms with E-state index in [0.29, 0.717) is 17.4 Å². The van der Waals surface area contributed by atoms with Gasteiger partial charge in [0.25, 0.3) is 0 Å². The first-order valence-electron chi connectivity index (χ1n) is 6.95. The molecule has 2 aromatic heterocycles. The molecule has 4 aromatic rings. The minimum absolute atomic E-state index is 0.340. The first kappa shape index (κ1) is 12.5. The Hall–Kier alpha value is -3.21. The number of nitrogen functional groups attached to an aromatic ring is 1. The number of aromatic nitrogens is 4. The van der Waals surface area contributed by atoms with Crippen molar-refractivity contribution in [3.8, 4) is 22.6 Å². The molecule has 3 N–H and O–H groups in total. The molecular formula is C17H13N5. The number of anilines is 1. The van der Waals surface area contributed by atoms with Crippen LogP contribution in [0.1, 0.15) is 0 Å². The number of fused-ring (bicyclic) bond motifs is 1. The Labute approximate surface area is 126 Å². The molecule has 5 nitrogen and oxygen atoms in total. The van der Waals surface area contributed by atoms with E-state index < -0.39 is 0 Å². The van der Waals surface area contributed by atoms with Crippen molar-refractivity contribution in [3.05, 3.63) is 60.7 Å². The molecule has 0 aliphatic rings. The number of nitrogens with two attached hydrogens (primary N) is 1. The summed E-state index contributed by atoms with van der Waals surface area (Å²) in [7, 11) is 0. The van der Waals surface area contributed by atoms with Crippen molar-refractivity contribution in [1.82, 2.24) is 19.9 Å². The average Bonchev–Trinajstić information content (AvgIpc) is 2.95. The minimum Gasteiger partial charge on any atom is -0.369 e. The first-order valence-corrected chi connectivity index (χ1v) is 6.95. The third kappa shape index (κ3) is 2.09. The van der Waals surface area contributed by atoms with Crippen molar-refractivity contribution < 1.29 is 0 Å². The Kier molecular flexibility index (Phi) is 2.83. The zero-order valence-electron chi connectivity index (χ0n) is 11.7. The van der Waals surface area contributed by atoms with Crippen LogP contribution in [0.25, 0.3) is 33.8 Å². The second kappa shape index (κ2) is 4.96. The zero-order valence-corrected chi connectivity index (χ0v) is 11.7. The van der Waals surface area contributed by atoms with Crippen LogP contribution in [0, 0.1) is 0 Å². The molecule has 0 saturated carbocycles. The lowest BCUT2D eigenvalue weighted by Gasteiger charge is -2.05. The van der Waals surface area contributed by atoms with Gasteiger partial charge in [-0.3, -0.25) is 0 Å². The third-order valence-corrected chi connectivity index (χ3v) is 3.45. The van der Waals surface area contributed by atoms with Gasteiger partial charge in [0.15, 0.2) is 17.4 Å². The molecule has 0 bridgehead atoms. The second-order valence-corrected chi connectivity index (χ2v) is 4.95. The normalized spacial score (nSPS) is 10.9. The first-order chi connectivity index (χ1) is 10.8. The van der Waals surface area contributed by atoms with Gasteiger partial charge in [0.1, 0.15) is 11.2 Å². The largest absolute Gasteiger partial charge is 0.369 e. The highest BCUT2D eigenvalue weighted by Gasteiger charge is 2.14. The van der Waals surface area contributed by atoms with Crippen LogP contribution >= 0.6 is 0 Å². The van der Waals surface area contributed by atoms with E-state index in [4.69, 9.17) is 10.7 Å². The number of rotatable bonds is 2. The van der Waals surface area contributed by atoms with Crippen molar-refractivity contribution in [1.29, 1.82) is 0 Å². The standard InChI is InChI=1S/C17H13N5/c18-17-20-14-13(11-7-3-1-4-8-11)19-15(21-16(14)22-17)12-9-5-2-6-10-12/h1-10H,(H3,18,19,20,21,22). The summed E-state index contributed by atoms with van der Waals surface area (Å²) < 4.78 is 0. The number of hydrogen-bond acceptors (Lipinski definition) is 4. The smallest absolute Gasteiger partial charge is 0.200 e. The van der Waals surface area contributed by atoms with E-state index >= 15 is 0 Å². The molecular weight excluding hydrogens is 274 g/mol. The topological polar surface area (TPSA) is 80.5 Å². The molecule has 0 amide bonds. The van der Waals surface area contributed by atoms with E-state index in [9.17, 15) is 0 Å². The molecule has 0 spiro atoms. The molecule has 4 rings (SSSR count). The summed E-state index contributed by atoms with van der Waals surface area (Å²) in [6.07, 6.45) is 0. The Bertz CT molecular complexity index is 929. The Balaban J connectivity index is 2.02. The maximum absolute atomic E-state index is 5.79. The maximum Gasteiger partial charge on any atom is 0.200 e. The number of imidazole rings is 1. The Morgan fingerprint density at radius 1 is 0.727 bits per heavy atom. The SMILES string of the molecule is Nc1nc2nc(-c3ccccc3)nc(-c3ccccc3)c2[nH]1. The molecule has 106 valence electrons. The van der Waals surface area contributed by atoms with Gasteiger partial charge >= 0.3 is 0 Å². The van der Waals surface area contributed by atoms with Gasteiger partial charge in [0.05, 0.1) is 0 Å². The van der Waals surface area contributed by atoms with E-state index in [2.05, 4.69) is 15.0 Å². The molecule has 0 radical (unpaired) electrons. The lowest BCUT2D eigenvalue weighted by molar-refractivity contribution is 1.21. The van der Waals surface area contributed by atoms with Crippen molar-refractivity contribution in [2.75, 3.05) is 5.73 Å². The number of hydrogen-bond donors (Lipinski definition) is 2. The van der Waals surface area contributed by atoms with Gasteiger partial charge in [-0.25, -0.2) is 9.97 Å². The van der Waals surface area contributed by atoms with E-state index in [0.717, 1.165) is 22.3 Å². The maximum atomic E-state index is 5.79. The van der Waals surface area contributed by atoms with E-state index in [1.165, 1.54) is 0 Å². The zero-order chi connectivity index (χ0) is 14.9. The fourth-order valence-electron chi connectivity index (χ4n) is 2.44. The van der Waals surface area contributed by atoms with E-state index in [1.807, 2.05) is 60.7 Å². The number of aromatic amines is 1. The van der Waals surface area contributed by atoms with Gasteiger partial charge in [-0.15, -0.1) is 0 Å². The third-order valence-electron chi connectivity index (χ3n) is 3.45. The van der Waals surface area contributed by atoms with Gasteiger partial charge in [-0.1, -0.05) is 60.7 Å². The predicted molar refractivity (Wildman–Crippen MR) is 87.0 cm³/mol. The lowest BCUT2D eigenvalue weighted by Crippen LogP contribution is -1.94. The highest BCUT2D eigenvalue weighted by molar-refractivity contribution is 5.89. The molecule has 22 heavy (non-hydrogen) atoms. The molecule has 0 fully saturated rings. The van der Waals surface area contributed by atoms with Crippen molar-refractivity contribution in [2.24, 2.45) is 0 Å². The van der Waals surface area contributed by atoms with Gasteiger partial charge in [-0.2, -0.15) is 4.98 Å². The molecule has 2 aromatic carbocycles. The summed E-state index contributed by atoms with van der Waals surface area (Å²) in [4.78, 5) is 16.5. The monoisotopic (exact) mass is 287 g/mol. The van der Waals surface area contributed by atoms with Crippen LogP contribution in [-0.4, -0.2) is 19.9 Å². The Morgan fingerprint density at radius 3 is 2.05 bits per heavy atom. The predicted octanol–water partition coefficient (Wildman–Crippen LogP) is 3.27. The van der Waals surface area contributed by atoms with Crippen LogP contribution in [0.15, 0.2) is 60.7 Å². The molecule has 5 heteroatoms. The van der Waals surface area contributed by atoms with E-state index in [-0.39, 0.29) is 0 Å². The molecule has 0 saturated heterocycles. The van der Waals surface area contributed by atoms with Crippen LogP contribution in [0.3, 0.4) is 0 Å². The number of nitrogens with zero attached hydrogens (tertiary/aromatic N) is 3. The number of benzene rings is 2. The summed E-state index contributed by atoms with van der Waals surface area (Å²) in [5.41, 5.74) is 9.86. The quantitative estimate of drug-likeness (QED) is 0.593. The minimum atomic E-state index is 0.340. The van der Waals surface area contributed by atoms with Crippen molar-refractivity contribution in [3.63, 3.8) is 0 Å². The van der Waals surface area contributed by atoms with Gasteiger partial charge in [0, 0.05) is 11.1 Å². The van der Waals surface area contributed by atoms with Crippen molar-refractivity contribution in [2.45, 2.75) is 0 Å². The summed E-state index contributed by atoms with van der Waals surface area (Å²) in [6.45, 7) is 0.